The summed E-state index contributed by atoms with van der Waals surface area (Å²) in [6.45, 7) is 0. The normalized spacial score (nSPS) is 13.1. The van der Waals surface area contributed by atoms with Gasteiger partial charge in [0.1, 0.15) is 0 Å². The Morgan fingerprint density at radius 3 is 2.67 bits per heavy atom. The van der Waals surface area contributed by atoms with Crippen LogP contribution in [-0.4, -0.2) is 9.55 Å². The van der Waals surface area contributed by atoms with Crippen molar-refractivity contribution < 1.29 is 0 Å². The van der Waals surface area contributed by atoms with E-state index >= 15 is 0 Å². The summed E-state index contributed by atoms with van der Waals surface area (Å²) in [4.78, 5) is 4.99. The molecule has 2 aromatic heterocycles. The summed E-state index contributed by atoms with van der Waals surface area (Å²) >= 11 is 3.70. The zero-order valence-electron chi connectivity index (χ0n) is 16.0. The van der Waals surface area contributed by atoms with Gasteiger partial charge in [0.25, 0.3) is 0 Å². The molecule has 0 fully saturated rings. The molecule has 0 saturated carbocycles. The van der Waals surface area contributed by atoms with Gasteiger partial charge in [-0.2, -0.15) is 0 Å². The lowest BCUT2D eigenvalue weighted by molar-refractivity contribution is 0.894. The maximum atomic E-state index is 4.99. The number of fused-ring (bicyclic) bond motifs is 8. The van der Waals surface area contributed by atoms with Gasteiger partial charge >= 0.3 is 0 Å². The Morgan fingerprint density at radius 1 is 0.800 bits per heavy atom. The van der Waals surface area contributed by atoms with Crippen LogP contribution in [-0.2, 0) is 5.75 Å². The molecule has 142 valence electrons. The molecule has 2 nitrogen and oxygen atoms in total. The van der Waals surface area contributed by atoms with Gasteiger partial charge in [0, 0.05) is 25.9 Å². The van der Waals surface area contributed by atoms with Gasteiger partial charge in [-0.15, -0.1) is 11.3 Å². The summed E-state index contributed by atoms with van der Waals surface area (Å²) in [5.41, 5.74) is 7.38. The van der Waals surface area contributed by atoms with Crippen LogP contribution in [0.15, 0.2) is 90.1 Å². The highest BCUT2D eigenvalue weighted by Crippen LogP contribution is 2.41. The first kappa shape index (κ1) is 16.7. The van der Waals surface area contributed by atoms with E-state index in [-0.39, 0.29) is 0 Å². The molecule has 0 bridgehead atoms. The predicted molar refractivity (Wildman–Crippen MR) is 129 cm³/mol. The molecule has 0 N–H and O–H groups in total. The van der Waals surface area contributed by atoms with Crippen molar-refractivity contribution in [2.24, 2.45) is 0 Å². The summed E-state index contributed by atoms with van der Waals surface area (Å²) in [5, 5.41) is 3.76. The van der Waals surface area contributed by atoms with Crippen LogP contribution >= 0.6 is 23.1 Å². The molecule has 6 aromatic rings. The molecular formula is C26H16N2S2. The maximum Gasteiger partial charge on any atom is 0.174 e. The van der Waals surface area contributed by atoms with Crippen LogP contribution < -0.4 is 0 Å². The van der Waals surface area contributed by atoms with Crippen LogP contribution in [0.1, 0.15) is 5.56 Å². The molecule has 0 spiro atoms. The van der Waals surface area contributed by atoms with Crippen molar-refractivity contribution >= 4 is 54.3 Å². The van der Waals surface area contributed by atoms with E-state index < -0.39 is 0 Å². The van der Waals surface area contributed by atoms with Crippen molar-refractivity contribution in [1.82, 2.24) is 9.55 Å². The third-order valence-electron chi connectivity index (χ3n) is 5.93. The van der Waals surface area contributed by atoms with E-state index in [0.29, 0.717) is 0 Å². The number of para-hydroxylation sites is 1. The lowest BCUT2D eigenvalue weighted by atomic mass is 10.0. The Bertz CT molecular complexity index is 1610. The van der Waals surface area contributed by atoms with Gasteiger partial charge in [0.05, 0.1) is 16.7 Å². The average molecular weight is 421 g/mol. The third-order valence-corrected chi connectivity index (χ3v) is 8.14. The largest absolute Gasteiger partial charge is 0.287 e. The number of imidazole rings is 1. The number of thioether (sulfide) groups is 1. The molecule has 30 heavy (non-hydrogen) atoms. The number of benzene rings is 4. The van der Waals surface area contributed by atoms with Crippen molar-refractivity contribution in [3.05, 3.63) is 90.5 Å². The fourth-order valence-electron chi connectivity index (χ4n) is 4.52. The Labute approximate surface area is 181 Å². The van der Waals surface area contributed by atoms with Gasteiger partial charge < -0.3 is 0 Å². The van der Waals surface area contributed by atoms with E-state index in [1.165, 1.54) is 48.1 Å². The first-order chi connectivity index (χ1) is 14.9. The number of thiophene rings is 1. The average Bonchev–Trinajstić information content (AvgIpc) is 3.37. The van der Waals surface area contributed by atoms with E-state index in [1.807, 2.05) is 23.1 Å². The summed E-state index contributed by atoms with van der Waals surface area (Å²) in [7, 11) is 0. The Kier molecular flexibility index (Phi) is 3.45. The van der Waals surface area contributed by atoms with E-state index in [1.54, 1.807) is 0 Å². The van der Waals surface area contributed by atoms with E-state index in [4.69, 9.17) is 4.98 Å². The number of nitrogens with zero attached hydrogens (tertiary/aromatic N) is 2. The van der Waals surface area contributed by atoms with Crippen molar-refractivity contribution in [2.75, 3.05) is 0 Å². The Morgan fingerprint density at radius 2 is 1.67 bits per heavy atom. The minimum absolute atomic E-state index is 0.980. The molecule has 7 rings (SSSR count). The molecule has 0 radical (unpaired) electrons. The number of hydrogen-bond donors (Lipinski definition) is 0. The van der Waals surface area contributed by atoms with Crippen molar-refractivity contribution in [3.8, 4) is 16.8 Å². The topological polar surface area (TPSA) is 17.8 Å². The summed E-state index contributed by atoms with van der Waals surface area (Å²) < 4.78 is 5.00. The molecule has 0 unspecified atom stereocenters. The maximum absolute atomic E-state index is 4.99. The first-order valence-corrected chi connectivity index (χ1v) is 11.8. The molecule has 4 heteroatoms. The van der Waals surface area contributed by atoms with Gasteiger partial charge in [-0.25, -0.2) is 4.98 Å². The van der Waals surface area contributed by atoms with Crippen LogP contribution in [0.2, 0.25) is 0 Å². The molecule has 1 aliphatic rings. The van der Waals surface area contributed by atoms with Crippen LogP contribution in [0.5, 0.6) is 0 Å². The first-order valence-electron chi connectivity index (χ1n) is 10.0. The van der Waals surface area contributed by atoms with Gasteiger partial charge in [-0.05, 0) is 41.0 Å². The predicted octanol–water partition coefficient (Wildman–Crippen LogP) is 7.67. The van der Waals surface area contributed by atoms with E-state index in [0.717, 1.165) is 16.4 Å². The highest BCUT2D eigenvalue weighted by molar-refractivity contribution is 7.98. The molecule has 0 amide bonds. The molecular weight excluding hydrogens is 404 g/mol. The number of hydrogen-bond acceptors (Lipinski definition) is 3. The standard InChI is InChI=1S/C26H16N2S2/c1-3-10-22-17(6-1)15-29-26-27-21-14-16(12-13-23(21)28(22)26)18-8-5-9-20-19-7-2-4-11-24(19)30-25(18)20/h1-14H,15H2. The van der Waals surface area contributed by atoms with Gasteiger partial charge in [-0.3, -0.25) is 4.57 Å². The highest BCUT2D eigenvalue weighted by atomic mass is 32.2. The monoisotopic (exact) mass is 420 g/mol. The van der Waals surface area contributed by atoms with Crippen molar-refractivity contribution in [3.63, 3.8) is 0 Å². The smallest absolute Gasteiger partial charge is 0.174 e. The van der Waals surface area contributed by atoms with Crippen LogP contribution in [0.3, 0.4) is 0 Å². The quantitative estimate of drug-likeness (QED) is 0.272. The SMILES string of the molecule is c1ccc2c(c1)CSc1nc3cc(-c4cccc5c4sc4ccccc45)ccc3n1-2. The molecule has 3 heterocycles. The summed E-state index contributed by atoms with van der Waals surface area (Å²) in [6.07, 6.45) is 0. The molecule has 0 aliphatic carbocycles. The molecule has 4 aromatic carbocycles. The fourth-order valence-corrected chi connectivity index (χ4v) is 6.78. The molecule has 1 aliphatic heterocycles. The van der Waals surface area contributed by atoms with Crippen LogP contribution in [0, 0.1) is 0 Å². The zero-order valence-corrected chi connectivity index (χ0v) is 17.6. The lowest BCUT2D eigenvalue weighted by Crippen LogP contribution is -2.05. The van der Waals surface area contributed by atoms with Crippen LogP contribution in [0.25, 0.3) is 48.0 Å². The van der Waals surface area contributed by atoms with E-state index in [2.05, 4.69) is 89.5 Å². The van der Waals surface area contributed by atoms with Crippen LogP contribution in [0.4, 0.5) is 0 Å². The second kappa shape index (κ2) is 6.21. The number of rotatable bonds is 1. The van der Waals surface area contributed by atoms with E-state index in [9.17, 15) is 0 Å². The number of aromatic nitrogens is 2. The fraction of sp³-hybridized carbons (Fsp3) is 0.0385. The zero-order chi connectivity index (χ0) is 19.7. The Hall–Kier alpha value is -3.08. The summed E-state index contributed by atoms with van der Waals surface area (Å²) in [6, 6.07) is 30.7. The second-order valence-electron chi connectivity index (χ2n) is 7.63. The molecule has 0 saturated heterocycles. The third kappa shape index (κ3) is 2.29. The second-order valence-corrected chi connectivity index (χ2v) is 9.63. The molecule has 0 atom stereocenters. The Balaban J connectivity index is 1.46. The lowest BCUT2D eigenvalue weighted by Gasteiger charge is -2.18. The van der Waals surface area contributed by atoms with Crippen molar-refractivity contribution in [1.29, 1.82) is 0 Å². The van der Waals surface area contributed by atoms with Gasteiger partial charge in [0.2, 0.25) is 0 Å². The summed E-state index contributed by atoms with van der Waals surface area (Å²) in [5.74, 6) is 0.980. The van der Waals surface area contributed by atoms with Crippen molar-refractivity contribution in [2.45, 2.75) is 10.9 Å². The highest BCUT2D eigenvalue weighted by Gasteiger charge is 2.21. The van der Waals surface area contributed by atoms with Gasteiger partial charge in [-0.1, -0.05) is 72.4 Å². The van der Waals surface area contributed by atoms with Gasteiger partial charge in [0.15, 0.2) is 5.16 Å². The minimum Gasteiger partial charge on any atom is -0.287 e. The minimum atomic E-state index is 0.980.